The Balaban J connectivity index is 1.53. The summed E-state index contributed by atoms with van der Waals surface area (Å²) in [7, 11) is 5.57. The first-order chi connectivity index (χ1) is 14.3. The molecular formula is C22H24N4O4. The highest BCUT2D eigenvalue weighted by molar-refractivity contribution is 5.81. The lowest BCUT2D eigenvalue weighted by Gasteiger charge is -2.18. The lowest BCUT2D eigenvalue weighted by molar-refractivity contribution is -0.152. The van der Waals surface area contributed by atoms with Crippen molar-refractivity contribution in [1.29, 1.82) is 0 Å². The number of likely N-dealkylation sites (N-methyl/N-ethyl adjacent to an activating group) is 1. The van der Waals surface area contributed by atoms with Crippen LogP contribution in [0.5, 0.6) is 0 Å². The summed E-state index contributed by atoms with van der Waals surface area (Å²) in [6.07, 6.45) is 1.30. The van der Waals surface area contributed by atoms with Gasteiger partial charge in [0.2, 0.25) is 0 Å². The maximum absolute atomic E-state index is 12.4. The van der Waals surface area contributed by atoms with Gasteiger partial charge in [-0.1, -0.05) is 24.3 Å². The molecule has 0 aliphatic carbocycles. The zero-order valence-corrected chi connectivity index (χ0v) is 17.2. The highest BCUT2D eigenvalue weighted by atomic mass is 16.5. The highest BCUT2D eigenvalue weighted by Gasteiger charge is 2.14. The summed E-state index contributed by atoms with van der Waals surface area (Å²) < 4.78 is 6.23. The van der Waals surface area contributed by atoms with Gasteiger partial charge in [0.05, 0.1) is 17.2 Å². The zero-order valence-electron chi connectivity index (χ0n) is 17.2. The third kappa shape index (κ3) is 5.02. The van der Waals surface area contributed by atoms with Gasteiger partial charge in [0.25, 0.3) is 11.5 Å². The summed E-state index contributed by atoms with van der Waals surface area (Å²) in [6, 6.07) is 14.7. The molecular weight excluding hydrogens is 384 g/mol. The Morgan fingerprint density at radius 2 is 1.73 bits per heavy atom. The molecule has 0 fully saturated rings. The molecule has 0 radical (unpaired) electrons. The van der Waals surface area contributed by atoms with E-state index >= 15 is 0 Å². The van der Waals surface area contributed by atoms with Crippen LogP contribution in [0.1, 0.15) is 5.56 Å². The number of amides is 1. The third-order valence-corrected chi connectivity index (χ3v) is 4.69. The molecule has 0 N–H and O–H groups in total. The van der Waals surface area contributed by atoms with Crippen molar-refractivity contribution in [1.82, 2.24) is 14.5 Å². The normalized spacial score (nSPS) is 10.6. The molecule has 0 saturated heterocycles. The van der Waals surface area contributed by atoms with Crippen molar-refractivity contribution in [2.45, 2.75) is 13.1 Å². The minimum atomic E-state index is -0.675. The van der Waals surface area contributed by atoms with Crippen LogP contribution in [0.25, 0.3) is 10.9 Å². The van der Waals surface area contributed by atoms with Crippen LogP contribution in [-0.4, -0.2) is 54.1 Å². The maximum Gasteiger partial charge on any atom is 0.326 e. The predicted molar refractivity (Wildman–Crippen MR) is 114 cm³/mol. The second-order valence-electron chi connectivity index (χ2n) is 7.17. The van der Waals surface area contributed by atoms with Gasteiger partial charge in [0, 0.05) is 33.4 Å². The molecule has 0 spiro atoms. The Bertz CT molecular complexity index is 1110. The lowest BCUT2D eigenvalue weighted by atomic mass is 10.2. The monoisotopic (exact) mass is 408 g/mol. The van der Waals surface area contributed by atoms with Crippen molar-refractivity contribution in [2.75, 3.05) is 32.6 Å². The van der Waals surface area contributed by atoms with Crippen LogP contribution in [0.4, 0.5) is 5.69 Å². The van der Waals surface area contributed by atoms with Crippen LogP contribution < -0.4 is 10.5 Å². The molecule has 0 atom stereocenters. The second kappa shape index (κ2) is 9.21. The van der Waals surface area contributed by atoms with Gasteiger partial charge in [-0.05, 0) is 29.8 Å². The highest BCUT2D eigenvalue weighted by Crippen LogP contribution is 2.13. The number of para-hydroxylation sites is 1. The lowest BCUT2D eigenvalue weighted by Crippen LogP contribution is -2.32. The molecule has 1 heterocycles. The van der Waals surface area contributed by atoms with Crippen LogP contribution in [-0.2, 0) is 27.4 Å². The van der Waals surface area contributed by atoms with Crippen molar-refractivity contribution in [3.05, 3.63) is 70.8 Å². The first-order valence-corrected chi connectivity index (χ1v) is 9.45. The van der Waals surface area contributed by atoms with Crippen molar-refractivity contribution in [2.24, 2.45) is 0 Å². The number of anilines is 1. The van der Waals surface area contributed by atoms with E-state index in [0.717, 1.165) is 11.3 Å². The number of hydrogen-bond donors (Lipinski definition) is 0. The van der Waals surface area contributed by atoms with Gasteiger partial charge >= 0.3 is 5.97 Å². The molecule has 0 saturated carbocycles. The molecule has 8 nitrogen and oxygen atoms in total. The Labute approximate surface area is 174 Å². The van der Waals surface area contributed by atoms with E-state index in [-0.39, 0.29) is 24.6 Å². The quantitative estimate of drug-likeness (QED) is 0.553. The fourth-order valence-corrected chi connectivity index (χ4v) is 2.92. The molecule has 0 aliphatic rings. The van der Waals surface area contributed by atoms with Crippen molar-refractivity contribution < 1.29 is 14.3 Å². The molecule has 30 heavy (non-hydrogen) atoms. The van der Waals surface area contributed by atoms with Gasteiger partial charge in [-0.3, -0.25) is 19.0 Å². The molecule has 3 rings (SSSR count). The SMILES string of the molecule is CN(Cc1ccc(N(C)C)cc1)C(=O)COC(=O)Cn1cnc2ccccc2c1=O. The first kappa shape index (κ1) is 21.0. The van der Waals surface area contributed by atoms with Gasteiger partial charge in [0.1, 0.15) is 6.54 Å². The number of nitrogens with zero attached hydrogens (tertiary/aromatic N) is 4. The smallest absolute Gasteiger partial charge is 0.326 e. The van der Waals surface area contributed by atoms with Gasteiger partial charge in [0.15, 0.2) is 6.61 Å². The number of hydrogen-bond acceptors (Lipinski definition) is 6. The average Bonchev–Trinajstić information content (AvgIpc) is 2.74. The Kier molecular flexibility index (Phi) is 6.46. The van der Waals surface area contributed by atoms with E-state index in [1.54, 1.807) is 31.3 Å². The molecule has 1 amide bonds. The Morgan fingerprint density at radius 1 is 1.03 bits per heavy atom. The number of aromatic nitrogens is 2. The molecule has 0 unspecified atom stereocenters. The summed E-state index contributed by atoms with van der Waals surface area (Å²) >= 11 is 0. The maximum atomic E-state index is 12.4. The second-order valence-corrected chi connectivity index (χ2v) is 7.17. The molecule has 156 valence electrons. The fraction of sp³-hybridized carbons (Fsp3) is 0.273. The van der Waals surface area contributed by atoms with E-state index in [1.165, 1.54) is 15.8 Å². The minimum absolute atomic E-state index is 0.306. The molecule has 0 bridgehead atoms. The molecule has 8 heteroatoms. The van der Waals surface area contributed by atoms with E-state index in [4.69, 9.17) is 4.74 Å². The van der Waals surface area contributed by atoms with Crippen LogP contribution in [0, 0.1) is 0 Å². The Hall–Kier alpha value is -3.68. The number of carbonyl (C=O) groups is 2. The van der Waals surface area contributed by atoms with E-state index in [0.29, 0.717) is 17.4 Å². The minimum Gasteiger partial charge on any atom is -0.454 e. The van der Waals surface area contributed by atoms with E-state index in [2.05, 4.69) is 4.98 Å². The van der Waals surface area contributed by atoms with Crippen molar-refractivity contribution >= 4 is 28.5 Å². The number of rotatable bonds is 7. The first-order valence-electron chi connectivity index (χ1n) is 9.45. The number of carbonyl (C=O) groups excluding carboxylic acids is 2. The summed E-state index contributed by atoms with van der Waals surface area (Å²) in [5, 5.41) is 0.420. The number of ether oxygens (including phenoxy) is 1. The van der Waals surface area contributed by atoms with Gasteiger partial charge in [-0.2, -0.15) is 0 Å². The summed E-state index contributed by atoms with van der Waals surface area (Å²) in [6.45, 7) is -0.293. The van der Waals surface area contributed by atoms with Crippen LogP contribution in [0.15, 0.2) is 59.7 Å². The summed E-state index contributed by atoms with van der Waals surface area (Å²) in [4.78, 5) is 44.4. The van der Waals surface area contributed by atoms with E-state index < -0.39 is 5.97 Å². The molecule has 1 aromatic heterocycles. The van der Waals surface area contributed by atoms with Crippen LogP contribution in [0.3, 0.4) is 0 Å². The van der Waals surface area contributed by atoms with Crippen molar-refractivity contribution in [3.63, 3.8) is 0 Å². The molecule has 2 aromatic carbocycles. The van der Waals surface area contributed by atoms with E-state index in [1.807, 2.05) is 43.3 Å². The van der Waals surface area contributed by atoms with Gasteiger partial charge in [-0.25, -0.2) is 4.98 Å². The van der Waals surface area contributed by atoms with Crippen molar-refractivity contribution in [3.8, 4) is 0 Å². The van der Waals surface area contributed by atoms with E-state index in [9.17, 15) is 14.4 Å². The number of benzene rings is 2. The molecule has 3 aromatic rings. The zero-order chi connectivity index (χ0) is 21.7. The number of esters is 1. The third-order valence-electron chi connectivity index (χ3n) is 4.69. The average molecular weight is 408 g/mol. The molecule has 0 aliphatic heterocycles. The van der Waals surface area contributed by atoms with Crippen LogP contribution >= 0.6 is 0 Å². The predicted octanol–water partition coefficient (Wildman–Crippen LogP) is 1.66. The largest absolute Gasteiger partial charge is 0.454 e. The Morgan fingerprint density at radius 3 is 2.43 bits per heavy atom. The number of fused-ring (bicyclic) bond motifs is 1. The standard InChI is InChI=1S/C22H24N4O4/c1-24(2)17-10-8-16(9-11-17)12-25(3)20(27)14-30-21(28)13-26-15-23-19-7-5-4-6-18(19)22(26)29/h4-11,15H,12-14H2,1-3H3. The summed E-state index contributed by atoms with van der Waals surface area (Å²) in [5.41, 5.74) is 2.27. The topological polar surface area (TPSA) is 84.7 Å². The summed E-state index contributed by atoms with van der Waals surface area (Å²) in [5.74, 6) is -1.00. The van der Waals surface area contributed by atoms with Crippen LogP contribution in [0.2, 0.25) is 0 Å². The van der Waals surface area contributed by atoms with Gasteiger partial charge in [-0.15, -0.1) is 0 Å². The fourth-order valence-electron chi connectivity index (χ4n) is 2.92. The van der Waals surface area contributed by atoms with Gasteiger partial charge < -0.3 is 14.5 Å².